The number of pyridine rings is 1. The molecule has 0 amide bonds. The molecule has 0 aliphatic rings. The second-order valence-electron chi connectivity index (χ2n) is 11.2. The number of aromatic nitrogens is 2. The third kappa shape index (κ3) is 4.11. The van der Waals surface area contributed by atoms with Crippen LogP contribution >= 0.6 is 0 Å². The number of rotatable bonds is 5. The molecule has 0 saturated heterocycles. The van der Waals surface area contributed by atoms with E-state index in [-0.39, 0.29) is 0 Å². The molecule has 3 aromatic heterocycles. The molecular formula is C41H27N3O. The Kier molecular flexibility index (Phi) is 5.78. The van der Waals surface area contributed by atoms with Gasteiger partial charge in [-0.3, -0.25) is 4.98 Å². The predicted molar refractivity (Wildman–Crippen MR) is 186 cm³/mol. The van der Waals surface area contributed by atoms with E-state index >= 15 is 0 Å². The number of anilines is 3. The molecule has 45 heavy (non-hydrogen) atoms. The van der Waals surface area contributed by atoms with Crippen LogP contribution in [-0.4, -0.2) is 9.55 Å². The fourth-order valence-electron chi connectivity index (χ4n) is 6.59. The topological polar surface area (TPSA) is 34.2 Å². The van der Waals surface area contributed by atoms with Crippen molar-refractivity contribution in [3.63, 3.8) is 0 Å². The summed E-state index contributed by atoms with van der Waals surface area (Å²) in [5, 5.41) is 3.54. The molecule has 0 radical (unpaired) electrons. The van der Waals surface area contributed by atoms with Crippen molar-refractivity contribution in [3.8, 4) is 16.8 Å². The van der Waals surface area contributed by atoms with E-state index in [4.69, 9.17) is 4.42 Å². The summed E-state index contributed by atoms with van der Waals surface area (Å²) in [4.78, 5) is 6.85. The van der Waals surface area contributed by atoms with Gasteiger partial charge in [-0.05, 0) is 83.9 Å². The molecule has 0 N–H and O–H groups in total. The van der Waals surface area contributed by atoms with Crippen LogP contribution in [0.25, 0.3) is 60.7 Å². The lowest BCUT2D eigenvalue weighted by atomic mass is 10.0. The Morgan fingerprint density at radius 1 is 0.489 bits per heavy atom. The van der Waals surface area contributed by atoms with Gasteiger partial charge in [0, 0.05) is 39.4 Å². The third-order valence-electron chi connectivity index (χ3n) is 8.65. The molecule has 0 spiro atoms. The van der Waals surface area contributed by atoms with Gasteiger partial charge in [0.1, 0.15) is 5.52 Å². The number of hydrogen-bond acceptors (Lipinski definition) is 3. The quantitative estimate of drug-likeness (QED) is 0.204. The second kappa shape index (κ2) is 10.2. The highest BCUT2D eigenvalue weighted by Crippen LogP contribution is 2.42. The molecule has 4 nitrogen and oxygen atoms in total. The van der Waals surface area contributed by atoms with E-state index in [0.29, 0.717) is 0 Å². The zero-order chi connectivity index (χ0) is 29.7. The standard InChI is InChI=1S/C41H27N3O/c1-2-10-30(11-3-1)43(38-17-8-14-35-40-39(45-41(35)38)18-9-27-42-40)31-23-19-28(20-24-31)29-21-25-32(26-22-29)44-36-15-6-4-12-33(36)34-13-5-7-16-37(34)44/h1-27H. The Labute approximate surface area is 260 Å². The minimum Gasteiger partial charge on any atom is -0.452 e. The summed E-state index contributed by atoms with van der Waals surface area (Å²) in [5.41, 5.74) is 11.5. The van der Waals surface area contributed by atoms with E-state index in [1.165, 1.54) is 27.4 Å². The van der Waals surface area contributed by atoms with Gasteiger partial charge in [0.2, 0.25) is 0 Å². The zero-order valence-corrected chi connectivity index (χ0v) is 24.3. The molecule has 0 aliphatic heterocycles. The van der Waals surface area contributed by atoms with Crippen molar-refractivity contribution >= 4 is 60.9 Å². The van der Waals surface area contributed by atoms with Crippen molar-refractivity contribution in [2.45, 2.75) is 0 Å². The number of para-hydroxylation sites is 4. The minimum absolute atomic E-state index is 0.785. The van der Waals surface area contributed by atoms with Gasteiger partial charge in [-0.15, -0.1) is 0 Å². The molecule has 6 aromatic carbocycles. The van der Waals surface area contributed by atoms with Crippen LogP contribution in [0.3, 0.4) is 0 Å². The van der Waals surface area contributed by atoms with Gasteiger partial charge in [0.15, 0.2) is 11.2 Å². The zero-order valence-electron chi connectivity index (χ0n) is 24.3. The highest BCUT2D eigenvalue weighted by molar-refractivity contribution is 6.10. The number of furan rings is 1. The minimum atomic E-state index is 0.785. The van der Waals surface area contributed by atoms with Gasteiger partial charge in [-0.1, -0.05) is 84.9 Å². The molecule has 9 rings (SSSR count). The van der Waals surface area contributed by atoms with Gasteiger partial charge in [0.05, 0.1) is 16.7 Å². The van der Waals surface area contributed by atoms with Gasteiger partial charge < -0.3 is 13.9 Å². The van der Waals surface area contributed by atoms with Crippen LogP contribution < -0.4 is 4.90 Å². The largest absolute Gasteiger partial charge is 0.452 e. The number of fused-ring (bicyclic) bond motifs is 6. The van der Waals surface area contributed by atoms with Gasteiger partial charge in [0.25, 0.3) is 0 Å². The molecule has 0 bridgehead atoms. The highest BCUT2D eigenvalue weighted by Gasteiger charge is 2.19. The molecule has 0 atom stereocenters. The molecule has 4 heteroatoms. The van der Waals surface area contributed by atoms with E-state index in [1.807, 2.05) is 24.4 Å². The summed E-state index contributed by atoms with van der Waals surface area (Å²) >= 11 is 0. The monoisotopic (exact) mass is 577 g/mol. The number of nitrogens with zero attached hydrogens (tertiary/aromatic N) is 3. The maximum absolute atomic E-state index is 6.39. The summed E-state index contributed by atoms with van der Waals surface area (Å²) in [6, 6.07) is 55.4. The second-order valence-corrected chi connectivity index (χ2v) is 11.2. The van der Waals surface area contributed by atoms with Crippen molar-refractivity contribution in [1.82, 2.24) is 9.55 Å². The highest BCUT2D eigenvalue weighted by atomic mass is 16.3. The summed E-state index contributed by atoms with van der Waals surface area (Å²) < 4.78 is 8.74. The summed E-state index contributed by atoms with van der Waals surface area (Å²) in [5.74, 6) is 0. The summed E-state index contributed by atoms with van der Waals surface area (Å²) in [6.45, 7) is 0. The Morgan fingerprint density at radius 2 is 1.09 bits per heavy atom. The van der Waals surface area contributed by atoms with Crippen LogP contribution in [0.5, 0.6) is 0 Å². The average Bonchev–Trinajstić information content (AvgIpc) is 3.66. The maximum Gasteiger partial charge on any atom is 0.161 e. The van der Waals surface area contributed by atoms with Gasteiger partial charge >= 0.3 is 0 Å². The Hall–Kier alpha value is -6.13. The van der Waals surface area contributed by atoms with Crippen LogP contribution in [0, 0.1) is 0 Å². The Morgan fingerprint density at radius 3 is 1.80 bits per heavy atom. The molecular weight excluding hydrogens is 550 g/mol. The lowest BCUT2D eigenvalue weighted by Gasteiger charge is -2.25. The summed E-state index contributed by atoms with van der Waals surface area (Å²) in [7, 11) is 0. The number of hydrogen-bond donors (Lipinski definition) is 0. The van der Waals surface area contributed by atoms with Crippen LogP contribution in [0.15, 0.2) is 168 Å². The van der Waals surface area contributed by atoms with Crippen LogP contribution in [0.4, 0.5) is 17.1 Å². The van der Waals surface area contributed by atoms with E-state index in [1.54, 1.807) is 0 Å². The lowest BCUT2D eigenvalue weighted by molar-refractivity contribution is 0.668. The van der Waals surface area contributed by atoms with E-state index in [9.17, 15) is 0 Å². The first-order valence-electron chi connectivity index (χ1n) is 15.1. The molecule has 0 fully saturated rings. The normalized spacial score (nSPS) is 11.6. The molecule has 9 aromatic rings. The van der Waals surface area contributed by atoms with Crippen molar-refractivity contribution in [2.75, 3.05) is 4.90 Å². The first-order chi connectivity index (χ1) is 22.3. The smallest absolute Gasteiger partial charge is 0.161 e. The molecule has 3 heterocycles. The number of benzene rings is 6. The molecule has 0 unspecified atom stereocenters. The van der Waals surface area contributed by atoms with E-state index < -0.39 is 0 Å². The van der Waals surface area contributed by atoms with Crippen molar-refractivity contribution in [3.05, 3.63) is 164 Å². The first-order valence-corrected chi connectivity index (χ1v) is 15.1. The fraction of sp³-hybridized carbons (Fsp3) is 0. The summed E-state index contributed by atoms with van der Waals surface area (Å²) in [6.07, 6.45) is 1.81. The lowest BCUT2D eigenvalue weighted by Crippen LogP contribution is -2.10. The van der Waals surface area contributed by atoms with E-state index in [0.717, 1.165) is 50.4 Å². The maximum atomic E-state index is 6.39. The van der Waals surface area contributed by atoms with Crippen LogP contribution in [0.2, 0.25) is 0 Å². The van der Waals surface area contributed by atoms with Gasteiger partial charge in [-0.25, -0.2) is 0 Å². The predicted octanol–water partition coefficient (Wildman–Crippen LogP) is 11.2. The van der Waals surface area contributed by atoms with Crippen LogP contribution in [0.1, 0.15) is 0 Å². The molecule has 0 saturated carbocycles. The molecule has 212 valence electrons. The third-order valence-corrected chi connectivity index (χ3v) is 8.65. The van der Waals surface area contributed by atoms with Crippen molar-refractivity contribution in [1.29, 1.82) is 0 Å². The van der Waals surface area contributed by atoms with Crippen molar-refractivity contribution < 1.29 is 4.42 Å². The van der Waals surface area contributed by atoms with Crippen molar-refractivity contribution in [2.24, 2.45) is 0 Å². The average molecular weight is 578 g/mol. The SMILES string of the molecule is c1ccc(N(c2ccc(-c3ccc(-n4c5ccccc5c5ccccc54)cc3)cc2)c2cccc3c2oc2cccnc23)cc1. The van der Waals surface area contributed by atoms with Crippen LogP contribution in [-0.2, 0) is 0 Å². The van der Waals surface area contributed by atoms with Gasteiger partial charge in [-0.2, -0.15) is 0 Å². The first kappa shape index (κ1) is 25.4. The Bertz CT molecular complexity index is 2420. The van der Waals surface area contributed by atoms with E-state index in [2.05, 4.69) is 154 Å². The molecule has 0 aliphatic carbocycles. The fourth-order valence-corrected chi connectivity index (χ4v) is 6.59. The Balaban J connectivity index is 1.11.